The number of pyridine rings is 1. The Balaban J connectivity index is 1.74. The minimum absolute atomic E-state index is 0.0290. The van der Waals surface area contributed by atoms with Crippen LogP contribution >= 0.6 is 23.2 Å². The molecule has 0 aliphatic carbocycles. The molecule has 1 aromatic heterocycles. The number of aliphatic hydroxyl groups is 2. The van der Waals surface area contributed by atoms with Gasteiger partial charge in [0.25, 0.3) is 5.91 Å². The standard InChI is InChI=1S/C29H31Cl2F3N4O10/c1-12(2)38-7-5-13(6-8-38)24(41)37-19-16(25(42)36-18-4-3-14(30)11-35-18)9-15(31)10-17(19)46-27-23(48-28(45)29(32,33)34)21(40)20(39)22(47-27)26(43)44/h3-4,9-13,20-23,27,39-40H,5-8H2,1-2H3,(H,37,41)(H,43,44)(H,35,36,42)/t20-,21-,22-,23+,27?/m0/s1. The van der Waals surface area contributed by atoms with Gasteiger partial charge in [-0.2, -0.15) is 13.2 Å². The zero-order chi connectivity index (χ0) is 35.5. The van der Waals surface area contributed by atoms with Crippen molar-refractivity contribution in [2.24, 2.45) is 5.92 Å². The molecule has 262 valence electrons. The van der Waals surface area contributed by atoms with Crippen LogP contribution in [-0.2, 0) is 23.9 Å². The van der Waals surface area contributed by atoms with Crippen LogP contribution in [0, 0.1) is 5.92 Å². The molecule has 5 N–H and O–H groups in total. The zero-order valence-electron chi connectivity index (χ0n) is 25.2. The predicted octanol–water partition coefficient (Wildman–Crippen LogP) is 3.08. The first-order chi connectivity index (χ1) is 22.5. The molecule has 14 nitrogen and oxygen atoms in total. The number of rotatable bonds is 9. The van der Waals surface area contributed by atoms with E-state index in [0.717, 1.165) is 12.1 Å². The van der Waals surface area contributed by atoms with Crippen LogP contribution in [0.3, 0.4) is 0 Å². The molecule has 19 heteroatoms. The van der Waals surface area contributed by atoms with Gasteiger partial charge in [-0.15, -0.1) is 0 Å². The number of carboxylic acid groups (broad SMARTS) is 1. The third-order valence-corrected chi connectivity index (χ3v) is 8.11. The Morgan fingerprint density at radius 1 is 1.04 bits per heavy atom. The van der Waals surface area contributed by atoms with E-state index in [1.807, 2.05) is 13.8 Å². The Bertz CT molecular complexity index is 1520. The summed E-state index contributed by atoms with van der Waals surface area (Å²) in [6.45, 7) is 5.20. The smallest absolute Gasteiger partial charge is 0.479 e. The number of carbonyl (C=O) groups excluding carboxylic acids is 3. The number of aliphatic hydroxyl groups excluding tert-OH is 2. The van der Waals surface area contributed by atoms with Gasteiger partial charge in [0.2, 0.25) is 12.2 Å². The number of ether oxygens (including phenoxy) is 3. The van der Waals surface area contributed by atoms with Crippen molar-refractivity contribution in [2.75, 3.05) is 23.7 Å². The van der Waals surface area contributed by atoms with Crippen molar-refractivity contribution in [1.29, 1.82) is 0 Å². The molecule has 2 aliphatic rings. The molecule has 0 radical (unpaired) electrons. The first-order valence-corrected chi connectivity index (χ1v) is 15.2. The molecular weight excluding hydrogens is 692 g/mol. The largest absolute Gasteiger partial charge is 0.490 e. The average Bonchev–Trinajstić information content (AvgIpc) is 3.01. The monoisotopic (exact) mass is 722 g/mol. The number of nitrogens with one attached hydrogen (secondary N) is 2. The highest BCUT2D eigenvalue weighted by Crippen LogP contribution is 2.38. The minimum atomic E-state index is -5.57. The van der Waals surface area contributed by atoms with Crippen LogP contribution in [0.15, 0.2) is 30.5 Å². The average molecular weight is 723 g/mol. The van der Waals surface area contributed by atoms with Gasteiger partial charge in [-0.3, -0.25) is 9.59 Å². The Labute approximate surface area is 281 Å². The number of nitrogens with zero attached hydrogens (tertiary/aromatic N) is 2. The van der Waals surface area contributed by atoms with Gasteiger partial charge >= 0.3 is 18.1 Å². The summed E-state index contributed by atoms with van der Waals surface area (Å²) >= 11 is 12.1. The highest BCUT2D eigenvalue weighted by atomic mass is 35.5. The van der Waals surface area contributed by atoms with Crippen LogP contribution < -0.4 is 15.4 Å². The molecule has 2 fully saturated rings. The summed E-state index contributed by atoms with van der Waals surface area (Å²) in [4.78, 5) is 56.7. The third kappa shape index (κ3) is 8.83. The Kier molecular flexibility index (Phi) is 11.8. The lowest BCUT2D eigenvalue weighted by Gasteiger charge is -2.40. The molecule has 3 heterocycles. The Morgan fingerprint density at radius 3 is 2.27 bits per heavy atom. The van der Waals surface area contributed by atoms with Crippen LogP contribution in [0.2, 0.25) is 10.0 Å². The van der Waals surface area contributed by atoms with Gasteiger partial charge in [-0.1, -0.05) is 23.2 Å². The second-order valence-electron chi connectivity index (χ2n) is 11.3. The van der Waals surface area contributed by atoms with Crippen LogP contribution in [-0.4, -0.2) is 105 Å². The summed E-state index contributed by atoms with van der Waals surface area (Å²) in [7, 11) is 0. The fourth-order valence-corrected chi connectivity index (χ4v) is 5.42. The molecule has 0 saturated carbocycles. The summed E-state index contributed by atoms with van der Waals surface area (Å²) in [5.74, 6) is -7.18. The summed E-state index contributed by atoms with van der Waals surface area (Å²) in [6.07, 6.45) is -15.3. The van der Waals surface area contributed by atoms with Gasteiger partial charge in [0.1, 0.15) is 23.8 Å². The quantitative estimate of drug-likeness (QED) is 0.238. The van der Waals surface area contributed by atoms with E-state index < -0.39 is 72.3 Å². The number of hydrogen-bond donors (Lipinski definition) is 5. The van der Waals surface area contributed by atoms with Gasteiger partial charge in [0.15, 0.2) is 12.2 Å². The molecule has 5 atom stereocenters. The Morgan fingerprint density at radius 2 is 1.71 bits per heavy atom. The molecule has 1 unspecified atom stereocenters. The summed E-state index contributed by atoms with van der Waals surface area (Å²) in [6, 6.07) is 5.20. The number of piperidine rings is 1. The molecule has 2 amide bonds. The summed E-state index contributed by atoms with van der Waals surface area (Å²) in [5, 5.41) is 35.4. The van der Waals surface area contributed by atoms with E-state index in [4.69, 9.17) is 32.7 Å². The lowest BCUT2D eigenvalue weighted by Crippen LogP contribution is -2.62. The van der Waals surface area contributed by atoms with E-state index in [2.05, 4.69) is 25.3 Å². The van der Waals surface area contributed by atoms with Crippen molar-refractivity contribution in [2.45, 2.75) is 69.6 Å². The zero-order valence-corrected chi connectivity index (χ0v) is 26.8. The number of halogens is 5. The lowest BCUT2D eigenvalue weighted by atomic mass is 9.94. The number of aromatic nitrogens is 1. The first-order valence-electron chi connectivity index (χ1n) is 14.5. The Hall–Kier alpha value is -3.74. The van der Waals surface area contributed by atoms with Crippen molar-refractivity contribution < 1.29 is 61.9 Å². The number of benzene rings is 1. The molecular formula is C29H31Cl2F3N4O10. The van der Waals surface area contributed by atoms with Crippen LogP contribution in [0.25, 0.3) is 0 Å². The van der Waals surface area contributed by atoms with Crippen molar-refractivity contribution >= 4 is 58.5 Å². The predicted molar refractivity (Wildman–Crippen MR) is 162 cm³/mol. The maximum Gasteiger partial charge on any atom is 0.490 e. The highest BCUT2D eigenvalue weighted by molar-refractivity contribution is 6.32. The molecule has 2 aromatic rings. The molecule has 48 heavy (non-hydrogen) atoms. The number of likely N-dealkylation sites (tertiary alicyclic amines) is 1. The number of esters is 1. The van der Waals surface area contributed by atoms with Gasteiger partial charge in [0.05, 0.1) is 16.3 Å². The van der Waals surface area contributed by atoms with E-state index in [-0.39, 0.29) is 33.2 Å². The molecule has 1 aromatic carbocycles. The van der Waals surface area contributed by atoms with Gasteiger partial charge < -0.3 is 45.1 Å². The van der Waals surface area contributed by atoms with Gasteiger partial charge in [-0.25, -0.2) is 14.6 Å². The third-order valence-electron chi connectivity index (χ3n) is 7.67. The van der Waals surface area contributed by atoms with Crippen molar-refractivity contribution in [3.8, 4) is 5.75 Å². The fraction of sp³-hybridized carbons (Fsp3) is 0.483. The number of carbonyl (C=O) groups is 4. The topological polar surface area (TPSA) is 197 Å². The number of anilines is 2. The number of aliphatic carboxylic acids is 1. The van der Waals surface area contributed by atoms with Crippen LogP contribution in [0.4, 0.5) is 24.7 Å². The number of alkyl halides is 3. The number of hydrogen-bond acceptors (Lipinski definition) is 11. The van der Waals surface area contributed by atoms with E-state index in [0.29, 0.717) is 25.9 Å². The number of carboxylic acids is 1. The normalized spacial score (nSPS) is 23.8. The van der Waals surface area contributed by atoms with Gasteiger partial charge in [0, 0.05) is 29.2 Å². The maximum atomic E-state index is 13.5. The van der Waals surface area contributed by atoms with E-state index in [1.54, 1.807) is 0 Å². The van der Waals surface area contributed by atoms with Crippen LogP contribution in [0.5, 0.6) is 5.75 Å². The van der Waals surface area contributed by atoms with E-state index in [9.17, 15) is 47.7 Å². The van der Waals surface area contributed by atoms with Gasteiger partial charge in [-0.05, 0) is 58.0 Å². The molecule has 4 rings (SSSR count). The van der Waals surface area contributed by atoms with Crippen molar-refractivity contribution in [1.82, 2.24) is 9.88 Å². The van der Waals surface area contributed by atoms with E-state index >= 15 is 0 Å². The van der Waals surface area contributed by atoms with E-state index in [1.165, 1.54) is 18.3 Å². The highest BCUT2D eigenvalue weighted by Gasteiger charge is 2.53. The maximum absolute atomic E-state index is 13.5. The molecule has 0 spiro atoms. The second-order valence-corrected chi connectivity index (χ2v) is 12.1. The second kappa shape index (κ2) is 15.2. The first kappa shape index (κ1) is 37.1. The SMILES string of the molecule is CC(C)N1CCC(C(=O)Nc2c(OC3O[C@H](C(=O)O)[C@@H](O)[C@H](O)[C@H]3OC(=O)C(F)(F)F)cc(Cl)cc2C(=O)Nc2ccc(Cl)cn2)CC1. The van der Waals surface area contributed by atoms with Crippen molar-refractivity contribution in [3.05, 3.63) is 46.1 Å². The van der Waals surface area contributed by atoms with Crippen LogP contribution in [0.1, 0.15) is 37.0 Å². The minimum Gasteiger partial charge on any atom is -0.479 e. The van der Waals surface area contributed by atoms with Crippen molar-refractivity contribution in [3.63, 3.8) is 0 Å². The molecule has 0 bridgehead atoms. The fourth-order valence-electron chi connectivity index (χ4n) is 5.10. The number of amides is 2. The summed E-state index contributed by atoms with van der Waals surface area (Å²) < 4.78 is 54.5. The lowest BCUT2D eigenvalue weighted by molar-refractivity contribution is -0.284. The molecule has 2 aliphatic heterocycles. The summed E-state index contributed by atoms with van der Waals surface area (Å²) in [5.41, 5.74) is -0.712. The molecule has 2 saturated heterocycles.